The van der Waals surface area contributed by atoms with Crippen molar-refractivity contribution in [3.8, 4) is 11.5 Å². The van der Waals surface area contributed by atoms with Crippen LogP contribution in [0.1, 0.15) is 37.8 Å². The van der Waals surface area contributed by atoms with Gasteiger partial charge >= 0.3 is 0 Å². The maximum atomic E-state index is 6.23. The standard InChI is InChI=1S/C22H29NO3/c1-4-23(5-2)16-10-15-22(24-3,18-11-7-6-8-12-18)19-13-9-14-20-21(19)26-17-25-20/h6-9,11-14H,4-5,10,15-17H2,1-3H3. The minimum Gasteiger partial charge on any atom is -0.454 e. The van der Waals surface area contributed by atoms with Crippen molar-refractivity contribution in [3.05, 3.63) is 59.7 Å². The zero-order valence-corrected chi connectivity index (χ0v) is 16.0. The molecule has 0 bridgehead atoms. The van der Waals surface area contributed by atoms with Gasteiger partial charge in [0, 0.05) is 12.7 Å². The lowest BCUT2D eigenvalue weighted by Gasteiger charge is -2.35. The Hall–Kier alpha value is -2.04. The lowest BCUT2D eigenvalue weighted by atomic mass is 9.81. The second-order valence-corrected chi connectivity index (χ2v) is 6.57. The van der Waals surface area contributed by atoms with E-state index in [2.05, 4.69) is 49.1 Å². The number of nitrogens with zero attached hydrogens (tertiary/aromatic N) is 1. The molecule has 0 radical (unpaired) electrons. The van der Waals surface area contributed by atoms with Crippen LogP contribution in [-0.4, -0.2) is 38.4 Å². The fourth-order valence-corrected chi connectivity index (χ4v) is 3.81. The normalized spacial score (nSPS) is 15.2. The van der Waals surface area contributed by atoms with Gasteiger partial charge in [-0.25, -0.2) is 0 Å². The number of benzene rings is 2. The zero-order valence-electron chi connectivity index (χ0n) is 16.0. The van der Waals surface area contributed by atoms with Crippen LogP contribution in [0.25, 0.3) is 0 Å². The highest BCUT2D eigenvalue weighted by molar-refractivity contribution is 5.54. The van der Waals surface area contributed by atoms with E-state index in [1.807, 2.05) is 18.2 Å². The molecule has 4 nitrogen and oxygen atoms in total. The van der Waals surface area contributed by atoms with Crippen molar-refractivity contribution in [1.29, 1.82) is 0 Å². The maximum absolute atomic E-state index is 6.23. The first-order chi connectivity index (χ1) is 12.7. The fraction of sp³-hybridized carbons (Fsp3) is 0.455. The van der Waals surface area contributed by atoms with Gasteiger partial charge in [-0.3, -0.25) is 0 Å². The van der Waals surface area contributed by atoms with Crippen molar-refractivity contribution in [2.24, 2.45) is 0 Å². The molecule has 140 valence electrons. The molecular weight excluding hydrogens is 326 g/mol. The van der Waals surface area contributed by atoms with Gasteiger partial charge in [-0.2, -0.15) is 0 Å². The van der Waals surface area contributed by atoms with Crippen molar-refractivity contribution in [1.82, 2.24) is 4.90 Å². The van der Waals surface area contributed by atoms with Crippen molar-refractivity contribution in [2.75, 3.05) is 33.5 Å². The van der Waals surface area contributed by atoms with Crippen LogP contribution in [0.4, 0.5) is 0 Å². The molecule has 0 aliphatic carbocycles. The molecule has 0 spiro atoms. The molecule has 2 aromatic carbocycles. The van der Waals surface area contributed by atoms with E-state index in [0.717, 1.165) is 55.1 Å². The van der Waals surface area contributed by atoms with Gasteiger partial charge in [-0.05, 0) is 44.1 Å². The summed E-state index contributed by atoms with van der Waals surface area (Å²) in [4.78, 5) is 2.44. The average Bonchev–Trinajstić information content (AvgIpc) is 3.18. The molecule has 4 heteroatoms. The van der Waals surface area contributed by atoms with Crippen molar-refractivity contribution in [3.63, 3.8) is 0 Å². The predicted octanol–water partition coefficient (Wildman–Crippen LogP) is 4.43. The summed E-state index contributed by atoms with van der Waals surface area (Å²) in [5.41, 5.74) is 1.64. The first-order valence-electron chi connectivity index (χ1n) is 9.47. The molecule has 1 unspecified atom stereocenters. The summed E-state index contributed by atoms with van der Waals surface area (Å²) in [7, 11) is 1.79. The van der Waals surface area contributed by atoms with Gasteiger partial charge in [-0.1, -0.05) is 56.3 Å². The van der Waals surface area contributed by atoms with E-state index in [9.17, 15) is 0 Å². The molecule has 3 rings (SSSR count). The van der Waals surface area contributed by atoms with Crippen molar-refractivity contribution < 1.29 is 14.2 Å². The summed E-state index contributed by atoms with van der Waals surface area (Å²) in [5.74, 6) is 1.60. The van der Waals surface area contributed by atoms with Crippen LogP contribution in [-0.2, 0) is 10.3 Å². The molecule has 1 aliphatic heterocycles. The number of methoxy groups -OCH3 is 1. The van der Waals surface area contributed by atoms with E-state index >= 15 is 0 Å². The Bertz CT molecular complexity index is 700. The second kappa shape index (κ2) is 8.56. The highest BCUT2D eigenvalue weighted by atomic mass is 16.7. The molecule has 2 aromatic rings. The summed E-state index contributed by atoms with van der Waals surface area (Å²) < 4.78 is 17.7. The molecule has 1 heterocycles. The molecule has 1 atom stereocenters. The third-order valence-electron chi connectivity index (χ3n) is 5.32. The molecule has 0 amide bonds. The van der Waals surface area contributed by atoms with E-state index in [0.29, 0.717) is 0 Å². The van der Waals surface area contributed by atoms with Crippen LogP contribution in [0.2, 0.25) is 0 Å². The quantitative estimate of drug-likeness (QED) is 0.666. The third kappa shape index (κ3) is 3.57. The molecular formula is C22H29NO3. The van der Waals surface area contributed by atoms with Gasteiger partial charge in [0.05, 0.1) is 0 Å². The largest absolute Gasteiger partial charge is 0.454 e. The Morgan fingerprint density at radius 2 is 1.77 bits per heavy atom. The Balaban J connectivity index is 1.98. The predicted molar refractivity (Wildman–Crippen MR) is 104 cm³/mol. The number of hydrogen-bond donors (Lipinski definition) is 0. The molecule has 0 aromatic heterocycles. The summed E-state index contributed by atoms with van der Waals surface area (Å²) in [6.07, 6.45) is 1.92. The summed E-state index contributed by atoms with van der Waals surface area (Å²) in [6.45, 7) is 7.87. The van der Waals surface area contributed by atoms with E-state index in [-0.39, 0.29) is 6.79 Å². The summed E-state index contributed by atoms with van der Waals surface area (Å²) >= 11 is 0. The van der Waals surface area contributed by atoms with Gasteiger partial charge in [0.2, 0.25) is 6.79 Å². The van der Waals surface area contributed by atoms with E-state index in [4.69, 9.17) is 14.2 Å². The van der Waals surface area contributed by atoms with Gasteiger partial charge < -0.3 is 19.1 Å². The Labute approximate surface area is 156 Å². The molecule has 0 saturated heterocycles. The molecule has 0 fully saturated rings. The van der Waals surface area contributed by atoms with Crippen LogP contribution in [0.3, 0.4) is 0 Å². The Morgan fingerprint density at radius 3 is 2.46 bits per heavy atom. The van der Waals surface area contributed by atoms with Gasteiger partial charge in [0.15, 0.2) is 11.5 Å². The fourth-order valence-electron chi connectivity index (χ4n) is 3.81. The minimum absolute atomic E-state index is 0.264. The minimum atomic E-state index is -0.548. The van der Waals surface area contributed by atoms with Crippen LogP contribution in [0, 0.1) is 0 Å². The number of fused-ring (bicyclic) bond motifs is 1. The second-order valence-electron chi connectivity index (χ2n) is 6.57. The van der Waals surface area contributed by atoms with Crippen molar-refractivity contribution >= 4 is 0 Å². The van der Waals surface area contributed by atoms with Crippen LogP contribution >= 0.6 is 0 Å². The first-order valence-corrected chi connectivity index (χ1v) is 9.47. The molecule has 26 heavy (non-hydrogen) atoms. The van der Waals surface area contributed by atoms with Crippen molar-refractivity contribution in [2.45, 2.75) is 32.3 Å². The van der Waals surface area contributed by atoms with Crippen LogP contribution < -0.4 is 9.47 Å². The molecule has 0 saturated carbocycles. The van der Waals surface area contributed by atoms with Gasteiger partial charge in [0.25, 0.3) is 0 Å². The molecule has 0 N–H and O–H groups in total. The Morgan fingerprint density at radius 1 is 1.00 bits per heavy atom. The molecule has 1 aliphatic rings. The number of para-hydroxylation sites is 1. The number of rotatable bonds is 9. The van der Waals surface area contributed by atoms with E-state index < -0.39 is 5.60 Å². The van der Waals surface area contributed by atoms with E-state index in [1.54, 1.807) is 7.11 Å². The number of hydrogen-bond acceptors (Lipinski definition) is 4. The summed E-state index contributed by atoms with van der Waals surface area (Å²) in [6, 6.07) is 16.5. The van der Waals surface area contributed by atoms with Crippen LogP contribution in [0.15, 0.2) is 48.5 Å². The highest BCUT2D eigenvalue weighted by Gasteiger charge is 2.38. The van der Waals surface area contributed by atoms with Crippen LogP contribution in [0.5, 0.6) is 11.5 Å². The van der Waals surface area contributed by atoms with E-state index in [1.165, 1.54) is 0 Å². The lowest BCUT2D eigenvalue weighted by Crippen LogP contribution is -2.32. The van der Waals surface area contributed by atoms with Gasteiger partial charge in [0.1, 0.15) is 5.60 Å². The first kappa shape index (κ1) is 18.7. The van der Waals surface area contributed by atoms with Gasteiger partial charge in [-0.15, -0.1) is 0 Å². The summed E-state index contributed by atoms with van der Waals surface area (Å²) in [5, 5.41) is 0. The lowest BCUT2D eigenvalue weighted by molar-refractivity contribution is 0.00870. The SMILES string of the molecule is CCN(CC)CCCC(OC)(c1ccccc1)c1cccc2c1OCO2. The maximum Gasteiger partial charge on any atom is 0.231 e. The average molecular weight is 355 g/mol. The smallest absolute Gasteiger partial charge is 0.231 e. The Kier molecular flexibility index (Phi) is 6.17. The highest BCUT2D eigenvalue weighted by Crippen LogP contribution is 2.47. The topological polar surface area (TPSA) is 30.9 Å². The number of ether oxygens (including phenoxy) is 3. The zero-order chi connectivity index (χ0) is 18.4. The monoisotopic (exact) mass is 355 g/mol. The third-order valence-corrected chi connectivity index (χ3v) is 5.32.